The van der Waals surface area contributed by atoms with E-state index in [4.69, 9.17) is 4.74 Å². The molecule has 0 spiro atoms. The van der Waals surface area contributed by atoms with Gasteiger partial charge >= 0.3 is 0 Å². The number of carbonyl (C=O) groups excluding carboxylic acids is 2. The van der Waals surface area contributed by atoms with E-state index in [9.17, 15) is 9.59 Å². The van der Waals surface area contributed by atoms with Gasteiger partial charge < -0.3 is 15.4 Å². The summed E-state index contributed by atoms with van der Waals surface area (Å²) in [6, 6.07) is 24.3. The third-order valence-electron chi connectivity index (χ3n) is 5.29. The highest BCUT2D eigenvalue weighted by atomic mass is 16.5. The maximum atomic E-state index is 12.9. The maximum absolute atomic E-state index is 12.9. The molecule has 3 aromatic carbocycles. The molecule has 32 heavy (non-hydrogen) atoms. The molecular weight excluding hydrogens is 400 g/mol. The van der Waals surface area contributed by atoms with Crippen molar-refractivity contribution in [3.8, 4) is 5.75 Å². The summed E-state index contributed by atoms with van der Waals surface area (Å²) in [5.74, 6) is 0.390. The topological polar surface area (TPSA) is 67.4 Å². The zero-order valence-electron chi connectivity index (χ0n) is 19.0. The van der Waals surface area contributed by atoms with Gasteiger partial charge in [0.25, 0.3) is 11.8 Å². The van der Waals surface area contributed by atoms with Crippen LogP contribution >= 0.6 is 0 Å². The molecule has 3 aromatic rings. The summed E-state index contributed by atoms with van der Waals surface area (Å²) in [6.45, 7) is 7.79. The van der Waals surface area contributed by atoms with Crippen LogP contribution in [-0.4, -0.2) is 17.9 Å². The van der Waals surface area contributed by atoms with Gasteiger partial charge in [-0.05, 0) is 49.1 Å². The van der Waals surface area contributed by atoms with Gasteiger partial charge in [0, 0.05) is 0 Å². The molecule has 0 fully saturated rings. The minimum atomic E-state index is -0.728. The van der Waals surface area contributed by atoms with Crippen LogP contribution in [0.3, 0.4) is 0 Å². The average molecular weight is 431 g/mol. The number of para-hydroxylation sites is 2. The molecule has 2 amide bonds. The van der Waals surface area contributed by atoms with Crippen molar-refractivity contribution in [3.63, 3.8) is 0 Å². The number of ether oxygens (including phenoxy) is 1. The van der Waals surface area contributed by atoms with Gasteiger partial charge in [0.1, 0.15) is 5.75 Å². The van der Waals surface area contributed by atoms with Crippen LogP contribution in [-0.2, 0) is 4.79 Å². The summed E-state index contributed by atoms with van der Waals surface area (Å²) in [7, 11) is 0. The van der Waals surface area contributed by atoms with Crippen LogP contribution in [0.5, 0.6) is 5.75 Å². The summed E-state index contributed by atoms with van der Waals surface area (Å²) in [4.78, 5) is 25.8. The van der Waals surface area contributed by atoms with Crippen LogP contribution in [0, 0.1) is 0 Å². The van der Waals surface area contributed by atoms with Crippen molar-refractivity contribution in [2.24, 2.45) is 0 Å². The second kappa shape index (κ2) is 10.6. The zero-order chi connectivity index (χ0) is 23.1. The molecule has 2 atom stereocenters. The second-order valence-electron chi connectivity index (χ2n) is 8.09. The molecule has 0 aliphatic carbocycles. The molecule has 0 unspecified atom stereocenters. The van der Waals surface area contributed by atoms with Gasteiger partial charge in [-0.2, -0.15) is 0 Å². The molecule has 0 heterocycles. The van der Waals surface area contributed by atoms with Crippen molar-refractivity contribution < 1.29 is 14.3 Å². The van der Waals surface area contributed by atoms with Gasteiger partial charge in [0.15, 0.2) is 6.10 Å². The van der Waals surface area contributed by atoms with Crippen LogP contribution in [0.25, 0.3) is 0 Å². The van der Waals surface area contributed by atoms with E-state index in [0.717, 1.165) is 11.1 Å². The molecule has 5 heteroatoms. The summed E-state index contributed by atoms with van der Waals surface area (Å²) in [5, 5.41) is 5.84. The molecule has 166 valence electrons. The largest absolute Gasteiger partial charge is 0.481 e. The van der Waals surface area contributed by atoms with E-state index >= 15 is 0 Å². The Bertz CT molecular complexity index is 1060. The first-order valence-corrected chi connectivity index (χ1v) is 10.9. The van der Waals surface area contributed by atoms with Crippen molar-refractivity contribution in [1.29, 1.82) is 0 Å². The first-order valence-electron chi connectivity index (χ1n) is 10.9. The van der Waals surface area contributed by atoms with Crippen LogP contribution in [0.15, 0.2) is 78.9 Å². The van der Waals surface area contributed by atoms with E-state index < -0.39 is 6.10 Å². The lowest BCUT2D eigenvalue weighted by Gasteiger charge is -2.20. The Hall–Kier alpha value is -3.60. The molecule has 0 aliphatic heterocycles. The summed E-state index contributed by atoms with van der Waals surface area (Å²) in [5.41, 5.74) is 2.90. The Balaban J connectivity index is 1.70. The predicted octanol–water partition coefficient (Wildman–Crippen LogP) is 5.71. The Morgan fingerprint density at radius 3 is 2.12 bits per heavy atom. The van der Waals surface area contributed by atoms with Gasteiger partial charge in [-0.3, -0.25) is 9.59 Å². The molecule has 2 N–H and O–H groups in total. The lowest BCUT2D eigenvalue weighted by atomic mass is 10.0. The number of amides is 2. The van der Waals surface area contributed by atoms with Crippen molar-refractivity contribution >= 4 is 17.5 Å². The molecule has 5 nitrogen and oxygen atoms in total. The fourth-order valence-electron chi connectivity index (χ4n) is 3.43. The molecular formula is C27H30N2O3. The smallest absolute Gasteiger partial charge is 0.265 e. The fourth-order valence-corrected chi connectivity index (χ4v) is 3.43. The third-order valence-corrected chi connectivity index (χ3v) is 5.29. The van der Waals surface area contributed by atoms with Crippen molar-refractivity contribution in [2.45, 2.75) is 45.8 Å². The minimum absolute atomic E-state index is 0.165. The van der Waals surface area contributed by atoms with E-state index in [-0.39, 0.29) is 23.8 Å². The highest BCUT2D eigenvalue weighted by molar-refractivity contribution is 6.04. The van der Waals surface area contributed by atoms with E-state index in [1.165, 1.54) is 0 Å². The number of rotatable bonds is 8. The quantitative estimate of drug-likeness (QED) is 0.481. The first kappa shape index (κ1) is 23.1. The summed E-state index contributed by atoms with van der Waals surface area (Å²) in [6.07, 6.45) is -0.728. The molecule has 0 saturated carbocycles. The standard InChI is InChI=1S/C27H30N2O3/c1-18(2)22-14-9-11-17-25(22)32-20(4)26(30)29-24-16-10-8-15-23(24)27(31)28-19(3)21-12-6-5-7-13-21/h5-20H,1-4H3,(H,28,31)(H,29,30)/t19-,20-/m1/s1. The van der Waals surface area contributed by atoms with Crippen LogP contribution in [0.1, 0.15) is 61.1 Å². The monoisotopic (exact) mass is 430 g/mol. The Morgan fingerprint density at radius 1 is 0.781 bits per heavy atom. The van der Waals surface area contributed by atoms with Crippen molar-refractivity contribution in [3.05, 3.63) is 95.6 Å². The fraction of sp³-hybridized carbons (Fsp3) is 0.259. The van der Waals surface area contributed by atoms with Gasteiger partial charge in [0.05, 0.1) is 17.3 Å². The second-order valence-corrected chi connectivity index (χ2v) is 8.09. The maximum Gasteiger partial charge on any atom is 0.265 e. The molecule has 0 aliphatic rings. The SMILES string of the molecule is CC(C)c1ccccc1O[C@H](C)C(=O)Nc1ccccc1C(=O)N[C@H](C)c1ccccc1. The Kier molecular flexibility index (Phi) is 7.66. The normalized spacial score (nSPS) is 12.7. The third kappa shape index (κ3) is 5.76. The highest BCUT2D eigenvalue weighted by Crippen LogP contribution is 2.27. The molecule has 0 radical (unpaired) electrons. The zero-order valence-corrected chi connectivity index (χ0v) is 19.0. The van der Waals surface area contributed by atoms with E-state index in [1.807, 2.05) is 61.5 Å². The lowest BCUT2D eigenvalue weighted by molar-refractivity contribution is -0.122. The lowest BCUT2D eigenvalue weighted by Crippen LogP contribution is -2.32. The number of hydrogen-bond acceptors (Lipinski definition) is 3. The van der Waals surface area contributed by atoms with Crippen molar-refractivity contribution in [2.75, 3.05) is 5.32 Å². The van der Waals surface area contributed by atoms with Crippen LogP contribution in [0.4, 0.5) is 5.69 Å². The summed E-state index contributed by atoms with van der Waals surface area (Å²) >= 11 is 0. The van der Waals surface area contributed by atoms with Gasteiger partial charge in [-0.1, -0.05) is 74.5 Å². The van der Waals surface area contributed by atoms with E-state index in [2.05, 4.69) is 24.5 Å². The van der Waals surface area contributed by atoms with Gasteiger partial charge in [-0.25, -0.2) is 0 Å². The van der Waals surface area contributed by atoms with Crippen LogP contribution < -0.4 is 15.4 Å². The molecule has 0 saturated heterocycles. The average Bonchev–Trinajstić information content (AvgIpc) is 2.80. The van der Waals surface area contributed by atoms with Crippen molar-refractivity contribution in [1.82, 2.24) is 5.32 Å². The molecule has 0 aromatic heterocycles. The van der Waals surface area contributed by atoms with E-state index in [1.54, 1.807) is 31.2 Å². The molecule has 0 bridgehead atoms. The number of nitrogens with one attached hydrogen (secondary N) is 2. The van der Waals surface area contributed by atoms with Crippen LogP contribution in [0.2, 0.25) is 0 Å². The Labute approximate surface area is 189 Å². The minimum Gasteiger partial charge on any atom is -0.481 e. The highest BCUT2D eigenvalue weighted by Gasteiger charge is 2.20. The summed E-state index contributed by atoms with van der Waals surface area (Å²) < 4.78 is 5.95. The number of carbonyl (C=O) groups is 2. The number of hydrogen-bond donors (Lipinski definition) is 2. The molecule has 3 rings (SSSR count). The number of anilines is 1. The van der Waals surface area contributed by atoms with E-state index in [0.29, 0.717) is 17.0 Å². The van der Waals surface area contributed by atoms with Gasteiger partial charge in [0.2, 0.25) is 0 Å². The predicted molar refractivity (Wildman–Crippen MR) is 128 cm³/mol. The Morgan fingerprint density at radius 2 is 1.41 bits per heavy atom. The van der Waals surface area contributed by atoms with Gasteiger partial charge in [-0.15, -0.1) is 0 Å². The number of benzene rings is 3. The first-order chi connectivity index (χ1) is 15.4.